The molecule has 1 unspecified atom stereocenters. The van der Waals surface area contributed by atoms with Gasteiger partial charge in [0.25, 0.3) is 5.91 Å². The summed E-state index contributed by atoms with van der Waals surface area (Å²) in [5, 5.41) is 2.66. The van der Waals surface area contributed by atoms with Crippen molar-refractivity contribution in [2.24, 2.45) is 0 Å². The van der Waals surface area contributed by atoms with Crippen LogP contribution < -0.4 is 10.1 Å². The number of aryl methyl sites for hydroxylation is 2. The fraction of sp³-hybridized carbons (Fsp3) is 0.391. The van der Waals surface area contributed by atoms with E-state index in [2.05, 4.69) is 11.4 Å². The molecule has 0 saturated carbocycles. The number of carbonyl (C=O) groups excluding carboxylic acids is 2. The van der Waals surface area contributed by atoms with E-state index in [-0.39, 0.29) is 18.4 Å². The molecule has 0 saturated heterocycles. The number of nitrogens with zero attached hydrogens (tertiary/aromatic N) is 1. The second-order valence-electron chi connectivity index (χ2n) is 6.97. The average molecular weight is 383 g/mol. The van der Waals surface area contributed by atoms with E-state index in [1.165, 1.54) is 0 Å². The SMILES string of the molecule is CCC(C(=O)NC)N(CCc1ccccc1)C(=O)COc1cc(C)cc(C)c1. The number of ether oxygens (including phenoxy) is 1. The molecular weight excluding hydrogens is 352 g/mol. The van der Waals surface area contributed by atoms with Crippen molar-refractivity contribution in [2.45, 2.75) is 39.7 Å². The Morgan fingerprint density at radius 1 is 1.07 bits per heavy atom. The van der Waals surface area contributed by atoms with Gasteiger partial charge in [-0.3, -0.25) is 9.59 Å². The van der Waals surface area contributed by atoms with E-state index in [9.17, 15) is 9.59 Å². The zero-order valence-corrected chi connectivity index (χ0v) is 17.2. The van der Waals surface area contributed by atoms with Gasteiger partial charge < -0.3 is 15.0 Å². The van der Waals surface area contributed by atoms with Gasteiger partial charge in [-0.2, -0.15) is 0 Å². The second-order valence-corrected chi connectivity index (χ2v) is 6.97. The summed E-state index contributed by atoms with van der Waals surface area (Å²) in [6, 6.07) is 15.3. The van der Waals surface area contributed by atoms with Gasteiger partial charge in [-0.05, 0) is 55.5 Å². The molecule has 28 heavy (non-hydrogen) atoms. The van der Waals surface area contributed by atoms with Gasteiger partial charge in [0.1, 0.15) is 11.8 Å². The molecule has 0 aromatic heterocycles. The number of benzene rings is 2. The number of nitrogens with one attached hydrogen (secondary N) is 1. The number of rotatable bonds is 9. The van der Waals surface area contributed by atoms with Gasteiger partial charge >= 0.3 is 0 Å². The minimum Gasteiger partial charge on any atom is -0.484 e. The summed E-state index contributed by atoms with van der Waals surface area (Å²) < 4.78 is 5.75. The highest BCUT2D eigenvalue weighted by molar-refractivity contribution is 5.88. The molecule has 0 heterocycles. The third-order valence-electron chi connectivity index (χ3n) is 4.67. The third-order valence-corrected chi connectivity index (χ3v) is 4.67. The highest BCUT2D eigenvalue weighted by atomic mass is 16.5. The van der Waals surface area contributed by atoms with Crippen LogP contribution in [0.5, 0.6) is 5.75 Å². The summed E-state index contributed by atoms with van der Waals surface area (Å²) in [6.07, 6.45) is 1.23. The van der Waals surface area contributed by atoms with Crippen LogP contribution >= 0.6 is 0 Å². The van der Waals surface area contributed by atoms with Crippen LogP contribution in [0.2, 0.25) is 0 Å². The summed E-state index contributed by atoms with van der Waals surface area (Å²) >= 11 is 0. The van der Waals surface area contributed by atoms with Gasteiger partial charge in [-0.25, -0.2) is 0 Å². The molecule has 2 aromatic carbocycles. The minimum absolute atomic E-state index is 0.0921. The molecule has 5 nitrogen and oxygen atoms in total. The molecule has 5 heteroatoms. The van der Waals surface area contributed by atoms with E-state index in [1.54, 1.807) is 11.9 Å². The van der Waals surface area contributed by atoms with Gasteiger partial charge in [-0.1, -0.05) is 43.3 Å². The lowest BCUT2D eigenvalue weighted by Crippen LogP contribution is -2.50. The average Bonchev–Trinajstić information content (AvgIpc) is 2.69. The lowest BCUT2D eigenvalue weighted by molar-refractivity contribution is -0.142. The first kappa shape index (κ1) is 21.5. The molecule has 2 rings (SSSR count). The zero-order chi connectivity index (χ0) is 20.5. The molecule has 0 fully saturated rings. The predicted molar refractivity (Wildman–Crippen MR) is 111 cm³/mol. The number of carbonyl (C=O) groups is 2. The van der Waals surface area contributed by atoms with Crippen molar-refractivity contribution >= 4 is 11.8 Å². The van der Waals surface area contributed by atoms with Gasteiger partial charge in [0.05, 0.1) is 0 Å². The molecule has 0 aliphatic rings. The van der Waals surface area contributed by atoms with E-state index in [0.29, 0.717) is 25.1 Å². The molecule has 0 aliphatic heterocycles. The molecule has 0 bridgehead atoms. The van der Waals surface area contributed by atoms with E-state index in [4.69, 9.17) is 4.74 Å². The fourth-order valence-corrected chi connectivity index (χ4v) is 3.31. The van der Waals surface area contributed by atoms with E-state index in [0.717, 1.165) is 16.7 Å². The van der Waals surface area contributed by atoms with Crippen molar-refractivity contribution in [1.29, 1.82) is 0 Å². The Hall–Kier alpha value is -2.82. The molecule has 1 N–H and O–H groups in total. The van der Waals surface area contributed by atoms with Gasteiger partial charge in [0.15, 0.2) is 6.61 Å². The number of hydrogen-bond donors (Lipinski definition) is 1. The highest BCUT2D eigenvalue weighted by Crippen LogP contribution is 2.17. The van der Waals surface area contributed by atoms with Crippen LogP contribution in [0.3, 0.4) is 0 Å². The number of amides is 2. The number of hydrogen-bond acceptors (Lipinski definition) is 3. The quantitative estimate of drug-likeness (QED) is 0.724. The Morgan fingerprint density at radius 2 is 1.71 bits per heavy atom. The van der Waals surface area contributed by atoms with Crippen molar-refractivity contribution in [3.8, 4) is 5.75 Å². The van der Waals surface area contributed by atoms with Gasteiger partial charge in [0, 0.05) is 13.6 Å². The van der Waals surface area contributed by atoms with Crippen LogP contribution in [0.1, 0.15) is 30.0 Å². The molecule has 150 valence electrons. The summed E-state index contributed by atoms with van der Waals surface area (Å²) in [6.45, 7) is 6.27. The summed E-state index contributed by atoms with van der Waals surface area (Å²) in [7, 11) is 1.59. The number of likely N-dealkylation sites (N-methyl/N-ethyl adjacent to an activating group) is 1. The van der Waals surface area contributed by atoms with Crippen LogP contribution in [0.4, 0.5) is 0 Å². The van der Waals surface area contributed by atoms with Crippen LogP contribution in [0.25, 0.3) is 0 Å². The van der Waals surface area contributed by atoms with Gasteiger partial charge in [-0.15, -0.1) is 0 Å². The van der Waals surface area contributed by atoms with Crippen LogP contribution in [0.15, 0.2) is 48.5 Å². The minimum atomic E-state index is -0.510. The van der Waals surface area contributed by atoms with E-state index < -0.39 is 6.04 Å². The van der Waals surface area contributed by atoms with Crippen LogP contribution in [-0.2, 0) is 16.0 Å². The first-order valence-electron chi connectivity index (χ1n) is 9.70. The summed E-state index contributed by atoms with van der Waals surface area (Å²) in [5.74, 6) is 0.322. The fourth-order valence-electron chi connectivity index (χ4n) is 3.31. The van der Waals surface area contributed by atoms with Crippen molar-refractivity contribution < 1.29 is 14.3 Å². The standard InChI is InChI=1S/C23H30N2O3/c1-5-21(23(27)24-4)25(12-11-19-9-7-6-8-10-19)22(26)16-28-20-14-17(2)13-18(3)15-20/h6-10,13-15,21H,5,11-12,16H2,1-4H3,(H,24,27). The monoisotopic (exact) mass is 382 g/mol. The molecule has 0 spiro atoms. The predicted octanol–water partition coefficient (Wildman–Crippen LogP) is 3.28. The van der Waals surface area contributed by atoms with E-state index in [1.807, 2.05) is 63.2 Å². The maximum Gasteiger partial charge on any atom is 0.261 e. The van der Waals surface area contributed by atoms with E-state index >= 15 is 0 Å². The van der Waals surface area contributed by atoms with Crippen LogP contribution in [0, 0.1) is 13.8 Å². The maximum absolute atomic E-state index is 12.9. The normalized spacial score (nSPS) is 11.6. The topological polar surface area (TPSA) is 58.6 Å². The lowest BCUT2D eigenvalue weighted by Gasteiger charge is -2.30. The van der Waals surface area contributed by atoms with Crippen LogP contribution in [-0.4, -0.2) is 43.0 Å². The molecular formula is C23H30N2O3. The smallest absolute Gasteiger partial charge is 0.261 e. The van der Waals surface area contributed by atoms with Crippen molar-refractivity contribution in [3.63, 3.8) is 0 Å². The summed E-state index contributed by atoms with van der Waals surface area (Å²) in [4.78, 5) is 26.9. The van der Waals surface area contributed by atoms with Crippen molar-refractivity contribution in [3.05, 3.63) is 65.2 Å². The Kier molecular flexibility index (Phi) is 8.05. The molecule has 2 aromatic rings. The Morgan fingerprint density at radius 3 is 2.29 bits per heavy atom. The molecule has 2 amide bonds. The largest absolute Gasteiger partial charge is 0.484 e. The Labute approximate surface area is 167 Å². The summed E-state index contributed by atoms with van der Waals surface area (Å²) in [5.41, 5.74) is 3.29. The van der Waals surface area contributed by atoms with Crippen molar-refractivity contribution in [1.82, 2.24) is 10.2 Å². The zero-order valence-electron chi connectivity index (χ0n) is 17.2. The third kappa shape index (κ3) is 6.12. The Bertz CT molecular complexity index is 769. The first-order valence-corrected chi connectivity index (χ1v) is 9.70. The molecule has 0 radical (unpaired) electrons. The highest BCUT2D eigenvalue weighted by Gasteiger charge is 2.27. The van der Waals surface area contributed by atoms with Crippen molar-refractivity contribution in [2.75, 3.05) is 20.2 Å². The maximum atomic E-state index is 12.9. The molecule has 1 atom stereocenters. The Balaban J connectivity index is 2.11. The molecule has 0 aliphatic carbocycles. The first-order chi connectivity index (χ1) is 13.4. The second kappa shape index (κ2) is 10.5. The lowest BCUT2D eigenvalue weighted by atomic mass is 10.1. The van der Waals surface area contributed by atoms with Gasteiger partial charge in [0.2, 0.25) is 5.91 Å².